The third-order valence-electron chi connectivity index (χ3n) is 3.90. The molecule has 0 aliphatic rings. The van der Waals surface area contributed by atoms with Crippen LogP contribution in [0, 0.1) is 0 Å². The van der Waals surface area contributed by atoms with E-state index in [0.717, 1.165) is 6.07 Å². The number of pyridine rings is 2. The zero-order valence-electron chi connectivity index (χ0n) is 14.4. The number of aromatic carboxylic acids is 1. The molecule has 3 aromatic rings. The van der Waals surface area contributed by atoms with Gasteiger partial charge >= 0.3 is 5.97 Å². The van der Waals surface area contributed by atoms with Crippen molar-refractivity contribution in [3.05, 3.63) is 73.6 Å². The van der Waals surface area contributed by atoms with Crippen molar-refractivity contribution >= 4 is 40.8 Å². The first kappa shape index (κ1) is 20.2. The minimum absolute atomic E-state index is 0.141. The quantitative estimate of drug-likeness (QED) is 0.577. The summed E-state index contributed by atoms with van der Waals surface area (Å²) in [6.45, 7) is 2.11. The number of hydrogen-bond acceptors (Lipinski definition) is 4. The second-order valence-electron chi connectivity index (χ2n) is 5.69. The summed E-state index contributed by atoms with van der Waals surface area (Å²) in [4.78, 5) is 28.3. The molecule has 0 saturated heterocycles. The van der Waals surface area contributed by atoms with Crippen LogP contribution in [0.1, 0.15) is 17.3 Å². The van der Waals surface area contributed by atoms with Gasteiger partial charge in [0.1, 0.15) is 11.3 Å². The van der Waals surface area contributed by atoms with E-state index in [9.17, 15) is 14.7 Å². The van der Waals surface area contributed by atoms with Crippen molar-refractivity contribution in [2.75, 3.05) is 0 Å². The van der Waals surface area contributed by atoms with Gasteiger partial charge in [0, 0.05) is 30.4 Å². The van der Waals surface area contributed by atoms with E-state index in [1.807, 2.05) is 0 Å². The maximum atomic E-state index is 12.6. The summed E-state index contributed by atoms with van der Waals surface area (Å²) >= 11 is 18.0. The van der Waals surface area contributed by atoms with Crippen molar-refractivity contribution in [1.82, 2.24) is 9.55 Å². The third kappa shape index (κ3) is 3.99. The summed E-state index contributed by atoms with van der Waals surface area (Å²) in [5.74, 6) is -0.913. The van der Waals surface area contributed by atoms with Crippen LogP contribution >= 0.6 is 34.8 Å². The fourth-order valence-electron chi connectivity index (χ4n) is 2.74. The van der Waals surface area contributed by atoms with Gasteiger partial charge < -0.3 is 14.4 Å². The van der Waals surface area contributed by atoms with Gasteiger partial charge in [0.25, 0.3) is 0 Å². The Morgan fingerprint density at radius 1 is 1.14 bits per heavy atom. The molecule has 144 valence electrons. The fraction of sp³-hybridized carbons (Fsp3) is 0.105. The Labute approximate surface area is 174 Å². The molecule has 1 aromatic carbocycles. The van der Waals surface area contributed by atoms with Crippen LogP contribution < -0.4 is 10.2 Å². The summed E-state index contributed by atoms with van der Waals surface area (Å²) in [6, 6.07) is 7.27. The SMILES string of the molecule is CCn1c(Oc2cncc(Cl)c2)cc(=O)c(C(=O)O)c1-c1ccc(Cl)c(Cl)c1. The number of ether oxygens (including phenoxy) is 1. The van der Waals surface area contributed by atoms with Gasteiger partial charge in [-0.05, 0) is 19.1 Å². The Morgan fingerprint density at radius 3 is 2.50 bits per heavy atom. The van der Waals surface area contributed by atoms with Crippen LogP contribution in [0.15, 0.2) is 47.5 Å². The molecule has 0 spiro atoms. The summed E-state index contributed by atoms with van der Waals surface area (Å²) < 4.78 is 7.34. The number of carboxylic acids is 1. The molecule has 0 aliphatic heterocycles. The zero-order chi connectivity index (χ0) is 20.4. The van der Waals surface area contributed by atoms with Crippen LogP contribution in [-0.2, 0) is 6.54 Å². The monoisotopic (exact) mass is 438 g/mol. The highest BCUT2D eigenvalue weighted by atomic mass is 35.5. The van der Waals surface area contributed by atoms with Crippen molar-refractivity contribution in [3.8, 4) is 22.9 Å². The molecule has 6 nitrogen and oxygen atoms in total. The van der Waals surface area contributed by atoms with Crippen LogP contribution in [0.2, 0.25) is 15.1 Å². The smallest absolute Gasteiger partial charge is 0.341 e. The molecule has 0 unspecified atom stereocenters. The summed E-state index contributed by atoms with van der Waals surface area (Å²) in [5, 5.41) is 10.5. The average Bonchev–Trinajstić information content (AvgIpc) is 2.63. The Bertz CT molecular complexity index is 1130. The second-order valence-corrected chi connectivity index (χ2v) is 6.94. The molecular weight excluding hydrogens is 427 g/mol. The number of benzene rings is 1. The lowest BCUT2D eigenvalue weighted by Crippen LogP contribution is -2.21. The minimum atomic E-state index is -1.36. The predicted octanol–water partition coefficient (Wildman–Crippen LogP) is 5.38. The van der Waals surface area contributed by atoms with Crippen molar-refractivity contribution in [3.63, 3.8) is 0 Å². The van der Waals surface area contributed by atoms with E-state index in [0.29, 0.717) is 27.9 Å². The maximum Gasteiger partial charge on any atom is 0.341 e. The van der Waals surface area contributed by atoms with E-state index in [-0.39, 0.29) is 16.6 Å². The highest BCUT2D eigenvalue weighted by Gasteiger charge is 2.23. The molecule has 1 N–H and O–H groups in total. The van der Waals surface area contributed by atoms with Gasteiger partial charge in [0.2, 0.25) is 11.3 Å². The van der Waals surface area contributed by atoms with E-state index in [4.69, 9.17) is 39.5 Å². The van der Waals surface area contributed by atoms with E-state index in [1.165, 1.54) is 30.6 Å². The molecule has 0 radical (unpaired) electrons. The molecule has 0 fully saturated rings. The summed E-state index contributed by atoms with van der Waals surface area (Å²) in [5.41, 5.74) is -0.522. The van der Waals surface area contributed by atoms with Crippen molar-refractivity contribution in [1.29, 1.82) is 0 Å². The number of rotatable bonds is 5. The van der Waals surface area contributed by atoms with Crippen molar-refractivity contribution in [2.45, 2.75) is 13.5 Å². The normalized spacial score (nSPS) is 10.7. The lowest BCUT2D eigenvalue weighted by molar-refractivity contribution is 0.0695. The average molecular weight is 440 g/mol. The topological polar surface area (TPSA) is 81.4 Å². The molecule has 0 saturated carbocycles. The molecule has 2 aromatic heterocycles. The maximum absolute atomic E-state index is 12.6. The Kier molecular flexibility index (Phi) is 5.93. The van der Waals surface area contributed by atoms with Crippen LogP contribution in [0.25, 0.3) is 11.3 Å². The number of hydrogen-bond donors (Lipinski definition) is 1. The van der Waals surface area contributed by atoms with Crippen LogP contribution in [0.5, 0.6) is 11.6 Å². The predicted molar refractivity (Wildman–Crippen MR) is 108 cm³/mol. The first-order valence-corrected chi connectivity index (χ1v) is 9.20. The van der Waals surface area contributed by atoms with E-state index in [2.05, 4.69) is 4.98 Å². The van der Waals surface area contributed by atoms with Crippen molar-refractivity contribution < 1.29 is 14.6 Å². The molecule has 0 atom stereocenters. The lowest BCUT2D eigenvalue weighted by Gasteiger charge is -2.19. The number of nitrogens with zero attached hydrogens (tertiary/aromatic N) is 2. The van der Waals surface area contributed by atoms with Gasteiger partial charge in [-0.15, -0.1) is 0 Å². The zero-order valence-corrected chi connectivity index (χ0v) is 16.7. The molecule has 0 amide bonds. The summed E-state index contributed by atoms with van der Waals surface area (Å²) in [6.07, 6.45) is 2.87. The molecule has 0 bridgehead atoms. The standard InChI is InChI=1S/C19H13Cl3N2O4/c1-2-24-16(28-12-6-11(20)8-23-9-12)7-15(25)17(19(26)27)18(24)10-3-4-13(21)14(22)5-10/h3-9H,2H2,1H3,(H,26,27). The van der Waals surface area contributed by atoms with Gasteiger partial charge in [-0.1, -0.05) is 40.9 Å². The van der Waals surface area contributed by atoms with Gasteiger partial charge in [-0.3, -0.25) is 9.78 Å². The first-order valence-electron chi connectivity index (χ1n) is 8.06. The molecule has 9 heteroatoms. The van der Waals surface area contributed by atoms with Gasteiger partial charge in [-0.2, -0.15) is 0 Å². The fourth-order valence-corrected chi connectivity index (χ4v) is 3.20. The molecule has 0 aliphatic carbocycles. The largest absolute Gasteiger partial charge is 0.477 e. The third-order valence-corrected chi connectivity index (χ3v) is 4.84. The number of halogens is 3. The van der Waals surface area contributed by atoms with E-state index in [1.54, 1.807) is 17.6 Å². The summed E-state index contributed by atoms with van der Waals surface area (Å²) in [7, 11) is 0. The second kappa shape index (κ2) is 8.22. The highest BCUT2D eigenvalue weighted by molar-refractivity contribution is 6.42. The van der Waals surface area contributed by atoms with Gasteiger partial charge in [0.05, 0.1) is 27.0 Å². The van der Waals surface area contributed by atoms with E-state index < -0.39 is 17.0 Å². The van der Waals surface area contributed by atoms with E-state index >= 15 is 0 Å². The Hall–Kier alpha value is -2.54. The molecular formula is C19H13Cl3N2O4. The Morgan fingerprint density at radius 2 is 1.89 bits per heavy atom. The van der Waals surface area contributed by atoms with Crippen LogP contribution in [0.4, 0.5) is 0 Å². The first-order chi connectivity index (χ1) is 13.3. The lowest BCUT2D eigenvalue weighted by atomic mass is 10.0. The number of carbonyl (C=O) groups is 1. The van der Waals surface area contributed by atoms with Crippen LogP contribution in [0.3, 0.4) is 0 Å². The Balaban J connectivity index is 2.28. The van der Waals surface area contributed by atoms with Gasteiger partial charge in [0.15, 0.2) is 0 Å². The molecule has 3 rings (SSSR count). The molecule has 2 heterocycles. The number of carboxylic acid groups (broad SMARTS) is 1. The molecule has 28 heavy (non-hydrogen) atoms. The van der Waals surface area contributed by atoms with Crippen LogP contribution in [-0.4, -0.2) is 20.6 Å². The number of aromatic nitrogens is 2. The highest BCUT2D eigenvalue weighted by Crippen LogP contribution is 2.33. The minimum Gasteiger partial charge on any atom is -0.477 e. The van der Waals surface area contributed by atoms with Gasteiger partial charge in [-0.25, -0.2) is 4.79 Å². The van der Waals surface area contributed by atoms with Crippen molar-refractivity contribution in [2.24, 2.45) is 0 Å².